The molecule has 0 spiro atoms. The quantitative estimate of drug-likeness (QED) is 0.529. The zero-order valence-corrected chi connectivity index (χ0v) is 8.27. The molecule has 2 fully saturated rings. The highest BCUT2D eigenvalue weighted by Crippen LogP contribution is 2.67. The standard InChI is InChI=1S/C8H12F2.C2H6/c1-4-3-6-7(5(4)2)8(6,9)10;1-2/h4-7H,3H2,1-2H3;1-2H3. The Kier molecular flexibility index (Phi) is 2.46. The number of hydrogen-bond donors (Lipinski definition) is 0. The number of rotatable bonds is 0. The molecule has 0 aromatic carbocycles. The van der Waals surface area contributed by atoms with Crippen LogP contribution in [0.3, 0.4) is 0 Å². The van der Waals surface area contributed by atoms with E-state index >= 15 is 0 Å². The summed E-state index contributed by atoms with van der Waals surface area (Å²) in [6.07, 6.45) is 0.749. The van der Waals surface area contributed by atoms with Crippen molar-refractivity contribution in [3.63, 3.8) is 0 Å². The maximum atomic E-state index is 12.7. The van der Waals surface area contributed by atoms with Crippen LogP contribution in [0.1, 0.15) is 34.1 Å². The van der Waals surface area contributed by atoms with Crippen LogP contribution in [0.4, 0.5) is 8.78 Å². The van der Waals surface area contributed by atoms with Crippen molar-refractivity contribution in [3.8, 4) is 0 Å². The van der Waals surface area contributed by atoms with Crippen molar-refractivity contribution in [2.24, 2.45) is 23.7 Å². The minimum Gasteiger partial charge on any atom is -0.206 e. The molecule has 0 nitrogen and oxygen atoms in total. The molecule has 0 bridgehead atoms. The second-order valence-electron chi connectivity index (χ2n) is 3.88. The summed E-state index contributed by atoms with van der Waals surface area (Å²) in [6.45, 7) is 8.03. The molecular weight excluding hydrogens is 158 g/mol. The normalized spacial score (nSPS) is 47.5. The molecule has 2 aliphatic rings. The van der Waals surface area contributed by atoms with Gasteiger partial charge >= 0.3 is 0 Å². The van der Waals surface area contributed by atoms with Gasteiger partial charge in [-0.1, -0.05) is 27.7 Å². The molecule has 4 atom stereocenters. The van der Waals surface area contributed by atoms with Crippen LogP contribution in [0, 0.1) is 23.7 Å². The molecule has 2 heteroatoms. The molecule has 2 saturated carbocycles. The maximum absolute atomic E-state index is 12.7. The van der Waals surface area contributed by atoms with Gasteiger partial charge in [0.05, 0.1) is 0 Å². The summed E-state index contributed by atoms with van der Waals surface area (Å²) in [4.78, 5) is 0. The lowest BCUT2D eigenvalue weighted by Crippen LogP contribution is -2.13. The smallest absolute Gasteiger partial charge is 0.206 e. The molecule has 72 valence electrons. The number of hydrogen-bond acceptors (Lipinski definition) is 0. The highest BCUT2D eigenvalue weighted by molar-refractivity contribution is 5.13. The van der Waals surface area contributed by atoms with Crippen molar-refractivity contribution in [1.29, 1.82) is 0 Å². The van der Waals surface area contributed by atoms with Crippen molar-refractivity contribution in [2.45, 2.75) is 40.0 Å². The lowest BCUT2D eigenvalue weighted by Gasteiger charge is -2.14. The fraction of sp³-hybridized carbons (Fsp3) is 1.00. The predicted octanol–water partition coefficient (Wildman–Crippen LogP) is 3.57. The molecule has 0 saturated heterocycles. The van der Waals surface area contributed by atoms with E-state index in [2.05, 4.69) is 6.92 Å². The fourth-order valence-electron chi connectivity index (χ4n) is 2.41. The van der Waals surface area contributed by atoms with Gasteiger partial charge in [0.2, 0.25) is 0 Å². The van der Waals surface area contributed by atoms with Crippen molar-refractivity contribution in [2.75, 3.05) is 0 Å². The Labute approximate surface area is 73.3 Å². The van der Waals surface area contributed by atoms with Gasteiger partial charge in [-0.2, -0.15) is 0 Å². The van der Waals surface area contributed by atoms with Crippen molar-refractivity contribution >= 4 is 0 Å². The Hall–Kier alpha value is -0.140. The molecule has 0 heterocycles. The molecular formula is C10H18F2. The summed E-state index contributed by atoms with van der Waals surface area (Å²) in [5, 5.41) is 0. The van der Waals surface area contributed by atoms with Crippen LogP contribution in [0.25, 0.3) is 0 Å². The van der Waals surface area contributed by atoms with E-state index in [-0.39, 0.29) is 17.8 Å². The summed E-state index contributed by atoms with van der Waals surface area (Å²) >= 11 is 0. The molecule has 2 rings (SSSR count). The van der Waals surface area contributed by atoms with Crippen LogP contribution in [-0.4, -0.2) is 5.92 Å². The summed E-state index contributed by atoms with van der Waals surface area (Å²) in [7, 11) is 0. The molecule has 0 aliphatic heterocycles. The van der Waals surface area contributed by atoms with Crippen molar-refractivity contribution < 1.29 is 8.78 Å². The summed E-state index contributed by atoms with van der Waals surface area (Å²) in [5.41, 5.74) is 0. The molecule has 0 aromatic heterocycles. The van der Waals surface area contributed by atoms with E-state index in [0.29, 0.717) is 5.92 Å². The third-order valence-corrected chi connectivity index (χ3v) is 3.35. The van der Waals surface area contributed by atoms with Crippen LogP contribution in [0.2, 0.25) is 0 Å². The van der Waals surface area contributed by atoms with Crippen LogP contribution in [0.15, 0.2) is 0 Å². The zero-order valence-electron chi connectivity index (χ0n) is 8.27. The molecule has 0 amide bonds. The van der Waals surface area contributed by atoms with Gasteiger partial charge < -0.3 is 0 Å². The molecule has 2 aliphatic carbocycles. The molecule has 4 unspecified atom stereocenters. The Morgan fingerprint density at radius 2 is 1.67 bits per heavy atom. The molecule has 0 aromatic rings. The first-order valence-electron chi connectivity index (χ1n) is 4.93. The summed E-state index contributed by atoms with van der Waals surface area (Å²) < 4.78 is 25.3. The minimum atomic E-state index is -2.29. The van der Waals surface area contributed by atoms with Gasteiger partial charge in [0.25, 0.3) is 5.92 Å². The van der Waals surface area contributed by atoms with Crippen LogP contribution < -0.4 is 0 Å². The van der Waals surface area contributed by atoms with E-state index in [1.807, 2.05) is 20.8 Å². The van der Waals surface area contributed by atoms with E-state index in [4.69, 9.17) is 0 Å². The third-order valence-electron chi connectivity index (χ3n) is 3.35. The molecule has 12 heavy (non-hydrogen) atoms. The monoisotopic (exact) mass is 176 g/mol. The summed E-state index contributed by atoms with van der Waals surface area (Å²) in [5.74, 6) is -2.03. The van der Waals surface area contributed by atoms with Gasteiger partial charge in [0, 0.05) is 11.8 Å². The number of alkyl halides is 2. The minimum absolute atomic E-state index is 0.250. The van der Waals surface area contributed by atoms with Crippen molar-refractivity contribution in [1.82, 2.24) is 0 Å². The average molecular weight is 176 g/mol. The van der Waals surface area contributed by atoms with E-state index in [9.17, 15) is 8.78 Å². The van der Waals surface area contributed by atoms with Gasteiger partial charge in [-0.25, -0.2) is 8.78 Å². The number of halogens is 2. The van der Waals surface area contributed by atoms with Gasteiger partial charge in [-0.05, 0) is 18.3 Å². The summed E-state index contributed by atoms with van der Waals surface area (Å²) in [6, 6.07) is 0. The average Bonchev–Trinajstić information content (AvgIpc) is 2.37. The van der Waals surface area contributed by atoms with Crippen LogP contribution >= 0.6 is 0 Å². The van der Waals surface area contributed by atoms with Gasteiger partial charge in [-0.15, -0.1) is 0 Å². The molecule has 0 N–H and O–H groups in total. The lowest BCUT2D eigenvalue weighted by atomic mass is 9.94. The zero-order chi connectivity index (χ0) is 9.52. The second-order valence-corrected chi connectivity index (χ2v) is 3.88. The first kappa shape index (κ1) is 9.94. The second kappa shape index (κ2) is 2.97. The Morgan fingerprint density at radius 1 is 1.17 bits per heavy atom. The van der Waals surface area contributed by atoms with Crippen molar-refractivity contribution in [3.05, 3.63) is 0 Å². The van der Waals surface area contributed by atoms with E-state index in [0.717, 1.165) is 6.42 Å². The highest BCUT2D eigenvalue weighted by atomic mass is 19.3. The van der Waals surface area contributed by atoms with E-state index < -0.39 is 5.92 Å². The fourth-order valence-corrected chi connectivity index (χ4v) is 2.41. The highest BCUT2D eigenvalue weighted by Gasteiger charge is 2.73. The Balaban J connectivity index is 0.000000336. The topological polar surface area (TPSA) is 0 Å². The Morgan fingerprint density at radius 3 is 1.92 bits per heavy atom. The van der Waals surface area contributed by atoms with Gasteiger partial charge in [0.1, 0.15) is 0 Å². The number of fused-ring (bicyclic) bond motifs is 1. The Bertz CT molecular complexity index is 163. The first-order chi connectivity index (χ1) is 5.55. The molecule has 0 radical (unpaired) electrons. The van der Waals surface area contributed by atoms with Crippen LogP contribution in [0.5, 0.6) is 0 Å². The predicted molar refractivity (Wildman–Crippen MR) is 46.2 cm³/mol. The third kappa shape index (κ3) is 1.16. The maximum Gasteiger partial charge on any atom is 0.254 e. The van der Waals surface area contributed by atoms with Gasteiger partial charge in [0.15, 0.2) is 0 Å². The van der Waals surface area contributed by atoms with E-state index in [1.165, 1.54) is 0 Å². The lowest BCUT2D eigenvalue weighted by molar-refractivity contribution is 0.0508. The SMILES string of the molecule is CC.CC1CC2C(C1C)C2(F)F. The van der Waals surface area contributed by atoms with Gasteiger partial charge in [-0.3, -0.25) is 0 Å². The van der Waals surface area contributed by atoms with E-state index in [1.54, 1.807) is 0 Å². The van der Waals surface area contributed by atoms with Crippen LogP contribution in [-0.2, 0) is 0 Å². The largest absolute Gasteiger partial charge is 0.254 e. The first-order valence-corrected chi connectivity index (χ1v) is 4.93.